The molecule has 1 heterocycles. The molecule has 0 aliphatic rings. The Morgan fingerprint density at radius 1 is 1.19 bits per heavy atom. The molecule has 3 N–H and O–H groups in total. The van der Waals surface area contributed by atoms with Gasteiger partial charge in [-0.05, 0) is 17.5 Å². The highest BCUT2D eigenvalue weighted by molar-refractivity contribution is 6.07. The summed E-state index contributed by atoms with van der Waals surface area (Å²) in [7, 11) is 3.12. The molecule has 0 fully saturated rings. The van der Waals surface area contributed by atoms with Gasteiger partial charge >= 0.3 is 6.09 Å². The molecule has 0 aliphatic carbocycles. The lowest BCUT2D eigenvalue weighted by Crippen LogP contribution is -2.25. The third kappa shape index (κ3) is 3.59. The van der Waals surface area contributed by atoms with Crippen LogP contribution in [0, 0.1) is 0 Å². The van der Waals surface area contributed by atoms with Crippen molar-refractivity contribution in [3.63, 3.8) is 0 Å². The van der Waals surface area contributed by atoms with E-state index in [1.165, 1.54) is 7.11 Å². The third-order valence-electron chi connectivity index (χ3n) is 3.86. The van der Waals surface area contributed by atoms with Crippen molar-refractivity contribution in [2.75, 3.05) is 17.7 Å². The van der Waals surface area contributed by atoms with Crippen molar-refractivity contribution in [2.45, 2.75) is 6.54 Å². The molecular weight excluding hydrogens is 336 g/mol. The number of amides is 2. The standard InChI is InChI=1S/C18H18N4O4/c1-21-8-9-22(11-21)10-15(23)19-14-7-6-12-4-3-5-13(16(12)17(14)24)20-18(25)26-2/h3-9,11H,10H2,1-2H3,(H2-,19,20,23,24,25)/p+1. The summed E-state index contributed by atoms with van der Waals surface area (Å²) >= 11 is 0. The minimum absolute atomic E-state index is 0.111. The van der Waals surface area contributed by atoms with Gasteiger partial charge in [0, 0.05) is 5.39 Å². The molecule has 0 bridgehead atoms. The molecule has 0 saturated heterocycles. The molecule has 0 aliphatic heterocycles. The summed E-state index contributed by atoms with van der Waals surface area (Å²) in [5.74, 6) is -0.407. The number of aromatic nitrogens is 2. The Bertz CT molecular complexity index is 980. The van der Waals surface area contributed by atoms with Crippen LogP contribution in [0.4, 0.5) is 16.2 Å². The number of phenolic OH excluding ortho intramolecular Hbond substituents is 1. The van der Waals surface area contributed by atoms with Crippen molar-refractivity contribution in [1.29, 1.82) is 0 Å². The van der Waals surface area contributed by atoms with Crippen LogP contribution in [0.5, 0.6) is 5.75 Å². The summed E-state index contributed by atoms with van der Waals surface area (Å²) in [6, 6.07) is 8.56. The number of benzene rings is 2. The first-order chi connectivity index (χ1) is 12.5. The average Bonchev–Trinajstić information content (AvgIpc) is 3.02. The Morgan fingerprint density at radius 3 is 2.69 bits per heavy atom. The highest BCUT2D eigenvalue weighted by Crippen LogP contribution is 2.37. The lowest BCUT2D eigenvalue weighted by atomic mass is 10.1. The molecule has 0 unspecified atom stereocenters. The number of hydrogen-bond acceptors (Lipinski definition) is 4. The van der Waals surface area contributed by atoms with Crippen LogP contribution in [0.25, 0.3) is 10.8 Å². The topological polar surface area (TPSA) is 96.5 Å². The molecule has 3 rings (SSSR count). The number of methoxy groups -OCH3 is 1. The number of phenols is 1. The van der Waals surface area contributed by atoms with Crippen LogP contribution in [-0.2, 0) is 23.1 Å². The molecule has 0 saturated carbocycles. The highest BCUT2D eigenvalue weighted by Gasteiger charge is 2.15. The largest absolute Gasteiger partial charge is 0.505 e. The number of hydrogen-bond donors (Lipinski definition) is 3. The van der Waals surface area contributed by atoms with Gasteiger partial charge in [-0.15, -0.1) is 0 Å². The number of anilines is 2. The number of ether oxygens (including phenoxy) is 1. The molecule has 0 radical (unpaired) electrons. The number of imidazole rings is 1. The Balaban J connectivity index is 1.89. The second-order valence-corrected chi connectivity index (χ2v) is 5.78. The molecule has 8 nitrogen and oxygen atoms in total. The smallest absolute Gasteiger partial charge is 0.411 e. The van der Waals surface area contributed by atoms with Crippen LogP contribution < -0.4 is 15.2 Å². The third-order valence-corrected chi connectivity index (χ3v) is 3.86. The fourth-order valence-electron chi connectivity index (χ4n) is 2.68. The number of rotatable bonds is 4. The number of aromatic hydroxyl groups is 1. The normalized spacial score (nSPS) is 10.5. The van der Waals surface area contributed by atoms with Crippen molar-refractivity contribution in [3.8, 4) is 5.75 Å². The minimum atomic E-state index is -0.646. The number of nitrogens with one attached hydrogen (secondary N) is 2. The van der Waals surface area contributed by atoms with Gasteiger partial charge in [-0.1, -0.05) is 18.2 Å². The molecule has 2 aromatic carbocycles. The van der Waals surface area contributed by atoms with E-state index in [2.05, 4.69) is 15.4 Å². The van der Waals surface area contributed by atoms with Crippen molar-refractivity contribution >= 4 is 34.1 Å². The van der Waals surface area contributed by atoms with Crippen molar-refractivity contribution in [2.24, 2.45) is 7.05 Å². The number of carbonyl (C=O) groups is 2. The van der Waals surface area contributed by atoms with Crippen LogP contribution >= 0.6 is 0 Å². The van der Waals surface area contributed by atoms with E-state index in [0.717, 1.165) is 0 Å². The second kappa shape index (κ2) is 7.14. The van der Waals surface area contributed by atoms with Gasteiger partial charge in [0.1, 0.15) is 18.1 Å². The summed E-state index contributed by atoms with van der Waals surface area (Å²) in [6.07, 6.45) is 4.73. The monoisotopic (exact) mass is 355 g/mol. The Hall–Kier alpha value is -3.55. The first-order valence-corrected chi connectivity index (χ1v) is 7.88. The molecule has 0 atom stereocenters. The van der Waals surface area contributed by atoms with E-state index in [1.54, 1.807) is 47.4 Å². The van der Waals surface area contributed by atoms with Crippen LogP contribution in [0.15, 0.2) is 49.1 Å². The van der Waals surface area contributed by atoms with Gasteiger partial charge in [0.25, 0.3) is 5.91 Å². The molecule has 2 amide bonds. The van der Waals surface area contributed by atoms with Gasteiger partial charge in [0.2, 0.25) is 6.33 Å². The lowest BCUT2D eigenvalue weighted by molar-refractivity contribution is -0.671. The number of fused-ring (bicyclic) bond motifs is 1. The highest BCUT2D eigenvalue weighted by atomic mass is 16.5. The van der Waals surface area contributed by atoms with Gasteiger partial charge in [0.15, 0.2) is 6.54 Å². The number of aryl methyl sites for hydroxylation is 1. The van der Waals surface area contributed by atoms with E-state index in [4.69, 9.17) is 0 Å². The number of carbonyl (C=O) groups excluding carboxylic acids is 2. The lowest BCUT2D eigenvalue weighted by Gasteiger charge is -2.13. The molecular formula is C18H19N4O4+. The first-order valence-electron chi connectivity index (χ1n) is 7.88. The van der Waals surface area contributed by atoms with E-state index >= 15 is 0 Å². The first kappa shape index (κ1) is 17.3. The molecule has 0 spiro atoms. The zero-order valence-corrected chi connectivity index (χ0v) is 14.4. The van der Waals surface area contributed by atoms with Crippen LogP contribution in [0.1, 0.15) is 0 Å². The zero-order chi connectivity index (χ0) is 18.7. The van der Waals surface area contributed by atoms with Gasteiger partial charge in [-0.2, -0.15) is 0 Å². The summed E-state index contributed by atoms with van der Waals surface area (Å²) in [5.41, 5.74) is 0.651. The molecule has 3 aromatic rings. The van der Waals surface area contributed by atoms with Gasteiger partial charge in [0.05, 0.1) is 25.5 Å². The van der Waals surface area contributed by atoms with E-state index in [-0.39, 0.29) is 23.9 Å². The number of nitrogens with zero attached hydrogens (tertiary/aromatic N) is 2. The Labute approximate surface area is 149 Å². The van der Waals surface area contributed by atoms with Crippen molar-refractivity contribution < 1.29 is 24.0 Å². The molecule has 26 heavy (non-hydrogen) atoms. The maximum atomic E-state index is 12.2. The van der Waals surface area contributed by atoms with E-state index in [9.17, 15) is 14.7 Å². The molecule has 1 aromatic heterocycles. The quantitative estimate of drug-likeness (QED) is 0.492. The Morgan fingerprint density at radius 2 is 2.00 bits per heavy atom. The van der Waals surface area contributed by atoms with E-state index in [0.29, 0.717) is 16.5 Å². The summed E-state index contributed by atoms with van der Waals surface area (Å²) in [5, 5.41) is 17.0. The maximum Gasteiger partial charge on any atom is 0.411 e. The predicted octanol–water partition coefficient (Wildman–Crippen LogP) is 1.99. The SMILES string of the molecule is COC(=O)Nc1cccc2ccc(NC(=O)Cn3cc[n+](C)c3)c(O)c12. The zero-order valence-electron chi connectivity index (χ0n) is 14.4. The van der Waals surface area contributed by atoms with E-state index in [1.807, 2.05) is 17.8 Å². The molecule has 134 valence electrons. The minimum Gasteiger partial charge on any atom is -0.505 e. The maximum absolute atomic E-state index is 12.2. The van der Waals surface area contributed by atoms with Gasteiger partial charge < -0.3 is 15.2 Å². The average molecular weight is 355 g/mol. The fraction of sp³-hybridized carbons (Fsp3) is 0.167. The Kier molecular flexibility index (Phi) is 4.74. The molecule has 8 heteroatoms. The van der Waals surface area contributed by atoms with Gasteiger partial charge in [-0.25, -0.2) is 13.9 Å². The van der Waals surface area contributed by atoms with Crippen molar-refractivity contribution in [3.05, 3.63) is 49.1 Å². The summed E-state index contributed by atoms with van der Waals surface area (Å²) < 4.78 is 8.14. The second-order valence-electron chi connectivity index (χ2n) is 5.78. The van der Waals surface area contributed by atoms with Crippen LogP contribution in [-0.4, -0.2) is 28.8 Å². The van der Waals surface area contributed by atoms with Crippen molar-refractivity contribution in [1.82, 2.24) is 4.57 Å². The van der Waals surface area contributed by atoms with Gasteiger partial charge in [-0.3, -0.25) is 10.1 Å². The fourth-order valence-corrected chi connectivity index (χ4v) is 2.68. The van der Waals surface area contributed by atoms with Crippen LogP contribution in [0.3, 0.4) is 0 Å². The summed E-state index contributed by atoms with van der Waals surface area (Å²) in [6.45, 7) is 0.111. The summed E-state index contributed by atoms with van der Waals surface area (Å²) in [4.78, 5) is 23.8. The predicted molar refractivity (Wildman–Crippen MR) is 95.9 cm³/mol. The van der Waals surface area contributed by atoms with E-state index < -0.39 is 6.09 Å². The van der Waals surface area contributed by atoms with Crippen LogP contribution in [0.2, 0.25) is 0 Å².